The molecule has 2 rings (SSSR count). The van der Waals surface area contributed by atoms with E-state index >= 15 is 0 Å². The zero-order valence-corrected chi connectivity index (χ0v) is 39.5. The van der Waals surface area contributed by atoms with Gasteiger partial charge in [-0.2, -0.15) is 0 Å². The number of aliphatic hydroxyl groups is 8. The molecule has 64 heavy (non-hydrogen) atoms. The van der Waals surface area contributed by atoms with E-state index in [1.165, 1.54) is 96.3 Å². The summed E-state index contributed by atoms with van der Waals surface area (Å²) in [7, 11) is 0. The maximum absolute atomic E-state index is 13.2. The summed E-state index contributed by atoms with van der Waals surface area (Å²) >= 11 is 0. The second-order valence-corrected chi connectivity index (χ2v) is 17.9. The Bertz CT molecular complexity index is 1220. The lowest BCUT2D eigenvalue weighted by Crippen LogP contribution is -2.65. The van der Waals surface area contributed by atoms with Crippen LogP contribution in [0.3, 0.4) is 0 Å². The van der Waals surface area contributed by atoms with Gasteiger partial charge in [0.2, 0.25) is 5.91 Å². The van der Waals surface area contributed by atoms with Gasteiger partial charge < -0.3 is 65.1 Å². The van der Waals surface area contributed by atoms with Crippen molar-refractivity contribution < 1.29 is 64.6 Å². The molecule has 2 aliphatic rings. The summed E-state index contributed by atoms with van der Waals surface area (Å²) in [5, 5.41) is 86.7. The average Bonchev–Trinajstić information content (AvgIpc) is 3.29. The summed E-state index contributed by atoms with van der Waals surface area (Å²) in [6.07, 6.45) is 24.6. The van der Waals surface area contributed by atoms with Crippen LogP contribution in [0.4, 0.5) is 0 Å². The minimum absolute atomic E-state index is 0.250. The third-order valence-corrected chi connectivity index (χ3v) is 12.3. The molecule has 14 heteroatoms. The molecule has 0 bridgehead atoms. The summed E-state index contributed by atoms with van der Waals surface area (Å²) < 4.78 is 22.7. The van der Waals surface area contributed by atoms with Gasteiger partial charge in [-0.15, -0.1) is 0 Å². The number of unbranched alkanes of at least 4 members (excludes halogenated alkanes) is 21. The number of carbonyl (C=O) groups is 1. The highest BCUT2D eigenvalue weighted by atomic mass is 16.7. The van der Waals surface area contributed by atoms with Crippen molar-refractivity contribution in [2.45, 2.75) is 254 Å². The summed E-state index contributed by atoms with van der Waals surface area (Å²) in [6.45, 7) is 2.74. The number of rotatable bonds is 38. The Morgan fingerprint density at radius 3 is 1.59 bits per heavy atom. The highest BCUT2D eigenvalue weighted by Gasteiger charge is 2.51. The van der Waals surface area contributed by atoms with Crippen LogP contribution in [0, 0.1) is 0 Å². The first-order valence-corrected chi connectivity index (χ1v) is 25.2. The van der Waals surface area contributed by atoms with E-state index in [2.05, 4.69) is 43.5 Å². The molecule has 0 aromatic rings. The van der Waals surface area contributed by atoms with Gasteiger partial charge in [-0.25, -0.2) is 0 Å². The Hall–Kier alpha value is -1.79. The fourth-order valence-electron chi connectivity index (χ4n) is 8.14. The van der Waals surface area contributed by atoms with Crippen LogP contribution >= 0.6 is 0 Å². The fraction of sp³-hybridized carbons (Fsp3) is 0.860. The number of carbonyl (C=O) groups excluding carboxylic acids is 1. The van der Waals surface area contributed by atoms with Gasteiger partial charge in [-0.05, 0) is 51.4 Å². The minimum atomic E-state index is -1.79. The summed E-state index contributed by atoms with van der Waals surface area (Å²) in [4.78, 5) is 13.2. The van der Waals surface area contributed by atoms with E-state index in [1.54, 1.807) is 6.08 Å². The second kappa shape index (κ2) is 37.2. The van der Waals surface area contributed by atoms with E-state index in [1.807, 2.05) is 6.08 Å². The summed E-state index contributed by atoms with van der Waals surface area (Å²) in [6, 6.07) is -0.916. The molecular formula is C50H91NO13. The third kappa shape index (κ3) is 24.3. The molecule has 2 fully saturated rings. The molecule has 2 heterocycles. The first-order valence-electron chi connectivity index (χ1n) is 25.2. The van der Waals surface area contributed by atoms with Gasteiger partial charge in [0.05, 0.1) is 32.0 Å². The van der Waals surface area contributed by atoms with Crippen molar-refractivity contribution in [3.63, 3.8) is 0 Å². The Balaban J connectivity index is 1.86. The van der Waals surface area contributed by atoms with E-state index in [0.29, 0.717) is 6.42 Å². The van der Waals surface area contributed by atoms with Crippen LogP contribution in [0.25, 0.3) is 0 Å². The van der Waals surface area contributed by atoms with Crippen molar-refractivity contribution in [2.24, 2.45) is 0 Å². The van der Waals surface area contributed by atoms with E-state index in [4.69, 9.17) is 18.9 Å². The summed E-state index contributed by atoms with van der Waals surface area (Å²) in [5.74, 6) is -0.250. The molecular weight excluding hydrogens is 823 g/mol. The van der Waals surface area contributed by atoms with Gasteiger partial charge >= 0.3 is 0 Å². The normalized spacial score (nSPS) is 27.5. The monoisotopic (exact) mass is 914 g/mol. The van der Waals surface area contributed by atoms with Crippen LogP contribution in [0.15, 0.2) is 36.5 Å². The van der Waals surface area contributed by atoms with Gasteiger partial charge in [0, 0.05) is 6.42 Å². The first-order chi connectivity index (χ1) is 31.1. The average molecular weight is 914 g/mol. The topological polar surface area (TPSA) is 228 Å². The Labute approximate surface area is 385 Å². The molecule has 374 valence electrons. The lowest BCUT2D eigenvalue weighted by Gasteiger charge is -2.46. The number of hydrogen-bond acceptors (Lipinski definition) is 13. The number of hydrogen-bond donors (Lipinski definition) is 9. The zero-order chi connectivity index (χ0) is 46.8. The van der Waals surface area contributed by atoms with Crippen molar-refractivity contribution in [3.05, 3.63) is 36.5 Å². The van der Waals surface area contributed by atoms with E-state index < -0.39 is 86.8 Å². The lowest BCUT2D eigenvalue weighted by molar-refractivity contribution is -0.359. The van der Waals surface area contributed by atoms with Crippen molar-refractivity contribution in [1.29, 1.82) is 0 Å². The van der Waals surface area contributed by atoms with Gasteiger partial charge in [0.15, 0.2) is 12.6 Å². The van der Waals surface area contributed by atoms with Crippen molar-refractivity contribution in [1.82, 2.24) is 5.32 Å². The quantitative estimate of drug-likeness (QED) is 0.0244. The number of nitrogens with one attached hydrogen (secondary N) is 1. The number of aliphatic hydroxyl groups excluding tert-OH is 8. The largest absolute Gasteiger partial charge is 0.394 e. The van der Waals surface area contributed by atoms with E-state index in [-0.39, 0.29) is 18.9 Å². The molecule has 2 saturated heterocycles. The van der Waals surface area contributed by atoms with Gasteiger partial charge in [0.1, 0.15) is 48.8 Å². The molecule has 2 aliphatic heterocycles. The third-order valence-electron chi connectivity index (χ3n) is 12.3. The predicted octanol–water partition coefficient (Wildman–Crippen LogP) is 6.32. The van der Waals surface area contributed by atoms with E-state index in [9.17, 15) is 45.6 Å². The lowest BCUT2D eigenvalue weighted by atomic mass is 9.97. The molecule has 14 nitrogen and oxygen atoms in total. The molecule has 0 saturated carbocycles. The number of allylic oxidation sites excluding steroid dienone is 5. The molecule has 1 amide bonds. The molecule has 12 unspecified atom stereocenters. The molecule has 0 spiro atoms. The minimum Gasteiger partial charge on any atom is -0.394 e. The zero-order valence-electron chi connectivity index (χ0n) is 39.5. The SMILES string of the molecule is CCCCC/C=C\C/C=C\CCCCCCCCCC(=O)NC(COC1OC(CO)C(OC2OC(CO)C(O)C(O)C2O)C(O)C1O)C(O)/C=C/CCCCCCCCCCCCC. The highest BCUT2D eigenvalue weighted by Crippen LogP contribution is 2.30. The molecule has 0 aromatic heterocycles. The van der Waals surface area contributed by atoms with Crippen molar-refractivity contribution >= 4 is 5.91 Å². The van der Waals surface area contributed by atoms with Gasteiger partial charge in [-0.3, -0.25) is 4.79 Å². The fourth-order valence-corrected chi connectivity index (χ4v) is 8.14. The van der Waals surface area contributed by atoms with Gasteiger partial charge in [-0.1, -0.05) is 159 Å². The Morgan fingerprint density at radius 1 is 0.562 bits per heavy atom. The number of amides is 1. The van der Waals surface area contributed by atoms with Crippen LogP contribution in [0.5, 0.6) is 0 Å². The number of ether oxygens (including phenoxy) is 4. The smallest absolute Gasteiger partial charge is 0.220 e. The maximum Gasteiger partial charge on any atom is 0.220 e. The Morgan fingerprint density at radius 2 is 1.03 bits per heavy atom. The van der Waals surface area contributed by atoms with Crippen LogP contribution in [0.2, 0.25) is 0 Å². The van der Waals surface area contributed by atoms with Crippen LogP contribution < -0.4 is 5.32 Å². The predicted molar refractivity (Wildman–Crippen MR) is 249 cm³/mol. The van der Waals surface area contributed by atoms with Crippen molar-refractivity contribution in [3.8, 4) is 0 Å². The first kappa shape index (κ1) is 58.3. The molecule has 9 N–H and O–H groups in total. The standard InChI is InChI=1S/C50H91NO13/c1-3-5-7-9-11-13-15-17-18-19-20-22-24-26-28-30-32-34-42(55)51-38(39(54)33-31-29-27-25-23-21-16-14-12-10-8-6-4-2)37-61-49-47(60)45(58)48(41(36-53)63-49)64-50-46(59)44(57)43(56)40(35-52)62-50/h11,13,17-18,31,33,38-41,43-50,52-54,56-60H,3-10,12,14-16,19-30,32,34-37H2,1-2H3,(H,51,55)/b13-11-,18-17-,33-31+. The second-order valence-electron chi connectivity index (χ2n) is 17.9. The van der Waals surface area contributed by atoms with Crippen molar-refractivity contribution in [2.75, 3.05) is 19.8 Å². The van der Waals surface area contributed by atoms with Crippen LogP contribution in [-0.4, -0.2) is 140 Å². The molecule has 0 aliphatic carbocycles. The highest BCUT2D eigenvalue weighted by molar-refractivity contribution is 5.76. The molecule has 0 radical (unpaired) electrons. The summed E-state index contributed by atoms with van der Waals surface area (Å²) in [5.41, 5.74) is 0. The molecule has 0 aromatic carbocycles. The Kier molecular flexibility index (Phi) is 33.9. The van der Waals surface area contributed by atoms with Crippen LogP contribution in [0.1, 0.15) is 181 Å². The van der Waals surface area contributed by atoms with Crippen LogP contribution in [-0.2, 0) is 23.7 Å². The van der Waals surface area contributed by atoms with E-state index in [0.717, 1.165) is 57.8 Å². The maximum atomic E-state index is 13.2. The van der Waals surface area contributed by atoms with Gasteiger partial charge in [0.25, 0.3) is 0 Å². The molecule has 12 atom stereocenters.